The molecule has 0 aliphatic rings. The molecule has 3 N–H and O–H groups in total. The second-order valence-corrected chi connectivity index (χ2v) is 10.8. The molecule has 0 fully saturated rings. The quantitative estimate of drug-likeness (QED) is 0.161. The van der Waals surface area contributed by atoms with Crippen LogP contribution < -0.4 is 20.1 Å². The summed E-state index contributed by atoms with van der Waals surface area (Å²) in [4.78, 5) is 32.9. The molecule has 2 aromatic carbocycles. The molecular weight excluding hydrogens is 483 g/mol. The molecular formula is C26H37N2O7P. The third-order valence-electron chi connectivity index (χ3n) is 5.73. The van der Waals surface area contributed by atoms with Crippen molar-refractivity contribution in [3.63, 3.8) is 0 Å². The summed E-state index contributed by atoms with van der Waals surface area (Å²) in [5, 5.41) is 2.25. The van der Waals surface area contributed by atoms with Gasteiger partial charge in [-0.05, 0) is 85.5 Å². The Balaban J connectivity index is 2.15. The normalized spacial score (nSPS) is 12.8. The number of rotatable bonds is 12. The number of aryl methyl sites for hydroxylation is 1. The van der Waals surface area contributed by atoms with Crippen molar-refractivity contribution >= 4 is 19.5 Å². The van der Waals surface area contributed by atoms with Gasteiger partial charge in [-0.15, -0.1) is 0 Å². The van der Waals surface area contributed by atoms with E-state index in [2.05, 4.69) is 30.5 Å². The smallest absolute Gasteiger partial charge is 0.321 e. The zero-order valence-electron chi connectivity index (χ0n) is 22.1. The minimum Gasteiger partial charge on any atom is -0.482 e. The molecule has 10 heteroatoms. The van der Waals surface area contributed by atoms with Gasteiger partial charge in [0, 0.05) is 6.92 Å². The van der Waals surface area contributed by atoms with Crippen LogP contribution in [-0.4, -0.2) is 36.3 Å². The summed E-state index contributed by atoms with van der Waals surface area (Å²) < 4.78 is 28.2. The number of esters is 2. The van der Waals surface area contributed by atoms with E-state index >= 15 is 0 Å². The van der Waals surface area contributed by atoms with E-state index in [0.717, 1.165) is 33.4 Å². The van der Waals surface area contributed by atoms with Crippen LogP contribution in [-0.2, 0) is 25.3 Å². The van der Waals surface area contributed by atoms with Crippen molar-refractivity contribution in [3.05, 3.63) is 57.6 Å². The van der Waals surface area contributed by atoms with E-state index in [4.69, 9.17) is 14.2 Å². The molecule has 1 unspecified atom stereocenters. The first kappa shape index (κ1) is 29.5. The molecule has 198 valence electrons. The Morgan fingerprint density at radius 2 is 1.78 bits per heavy atom. The summed E-state index contributed by atoms with van der Waals surface area (Å²) in [5.41, 5.74) is 8.49. The number of benzene rings is 2. The number of carbonyl (C=O) groups excluding carboxylic acids is 2. The highest BCUT2D eigenvalue weighted by molar-refractivity contribution is 7.55. The summed E-state index contributed by atoms with van der Waals surface area (Å²) in [7, 11) is -3.91. The maximum Gasteiger partial charge on any atom is 0.321 e. The van der Waals surface area contributed by atoms with Crippen LogP contribution in [0.15, 0.2) is 24.3 Å². The highest BCUT2D eigenvalue weighted by Gasteiger charge is 2.21. The summed E-state index contributed by atoms with van der Waals surface area (Å²) in [6, 6.07) is 7.72. The van der Waals surface area contributed by atoms with Gasteiger partial charge in [-0.2, -0.15) is 5.20 Å². The Kier molecular flexibility index (Phi) is 10.7. The Bertz CT molecular complexity index is 1150. The molecule has 0 spiro atoms. The number of hydrazine groups is 1. The number of ether oxygens (including phenoxy) is 3. The third kappa shape index (κ3) is 8.45. The van der Waals surface area contributed by atoms with Crippen molar-refractivity contribution in [2.24, 2.45) is 0 Å². The van der Waals surface area contributed by atoms with Gasteiger partial charge >= 0.3 is 19.5 Å². The molecule has 2 rings (SSSR count). The first-order valence-electron chi connectivity index (χ1n) is 11.9. The van der Waals surface area contributed by atoms with E-state index in [0.29, 0.717) is 17.9 Å². The predicted molar refractivity (Wildman–Crippen MR) is 138 cm³/mol. The molecule has 0 aliphatic heterocycles. The molecule has 0 bridgehead atoms. The maximum absolute atomic E-state index is 12.4. The first-order chi connectivity index (χ1) is 16.8. The van der Waals surface area contributed by atoms with Gasteiger partial charge in [-0.1, -0.05) is 26.0 Å². The molecule has 0 heterocycles. The van der Waals surface area contributed by atoms with Crippen LogP contribution in [0, 0.1) is 20.8 Å². The lowest BCUT2D eigenvalue weighted by Crippen LogP contribution is -2.35. The lowest BCUT2D eigenvalue weighted by Gasteiger charge is -2.20. The molecule has 0 aromatic heterocycles. The molecule has 0 amide bonds. The van der Waals surface area contributed by atoms with Gasteiger partial charge in [-0.3, -0.25) is 14.2 Å². The fourth-order valence-corrected chi connectivity index (χ4v) is 4.47. The Morgan fingerprint density at radius 3 is 2.39 bits per heavy atom. The zero-order chi connectivity index (χ0) is 27.0. The third-order valence-corrected chi connectivity index (χ3v) is 6.71. The second-order valence-electron chi connectivity index (χ2n) is 8.96. The Labute approximate surface area is 213 Å². The lowest BCUT2D eigenvalue weighted by molar-refractivity contribution is -0.142. The summed E-state index contributed by atoms with van der Waals surface area (Å²) in [5.74, 6) is 0.398. The molecule has 1 atom stereocenters. The van der Waals surface area contributed by atoms with E-state index in [-0.39, 0.29) is 25.0 Å². The Morgan fingerprint density at radius 1 is 1.08 bits per heavy atom. The van der Waals surface area contributed by atoms with Crippen molar-refractivity contribution in [2.75, 3.05) is 19.5 Å². The van der Waals surface area contributed by atoms with Crippen LogP contribution in [0.1, 0.15) is 67.0 Å². The summed E-state index contributed by atoms with van der Waals surface area (Å²) in [6.07, 6.45) is 0.202. The minimum absolute atomic E-state index is 0.188. The maximum atomic E-state index is 12.4. The first-order valence-corrected chi connectivity index (χ1v) is 13.7. The van der Waals surface area contributed by atoms with Crippen molar-refractivity contribution < 1.29 is 33.3 Å². The van der Waals surface area contributed by atoms with Gasteiger partial charge in [0.05, 0.1) is 6.61 Å². The number of nitrogens with one attached hydrogen (secondary N) is 2. The van der Waals surface area contributed by atoms with E-state index in [1.165, 1.54) is 6.92 Å². The lowest BCUT2D eigenvalue weighted by atomic mass is 9.90. The van der Waals surface area contributed by atoms with Crippen LogP contribution in [0.25, 0.3) is 0 Å². The van der Waals surface area contributed by atoms with E-state index in [1.54, 1.807) is 6.92 Å². The van der Waals surface area contributed by atoms with Gasteiger partial charge < -0.3 is 19.1 Å². The molecule has 9 nitrogen and oxygen atoms in total. The topological polar surface area (TPSA) is 123 Å². The minimum atomic E-state index is -3.91. The standard InChI is InChI=1S/C26H37N2O7P/c1-8-33-26(30)14-27-28-36(31,32)15-34-25-11-17(4)23(18(5)19(25)6)13-21-9-10-24(35-20(7)29)22(12-21)16(2)3/h9-12,16,27H,8,13-15H2,1-7H3,(H2,28,31,32). The second kappa shape index (κ2) is 13.0. The van der Waals surface area contributed by atoms with Crippen LogP contribution >= 0.6 is 7.52 Å². The highest BCUT2D eigenvalue weighted by atomic mass is 31.2. The molecule has 0 saturated carbocycles. The van der Waals surface area contributed by atoms with Gasteiger partial charge in [0.1, 0.15) is 18.0 Å². The average Bonchev–Trinajstić information content (AvgIpc) is 2.78. The summed E-state index contributed by atoms with van der Waals surface area (Å²) >= 11 is 0. The van der Waals surface area contributed by atoms with Crippen molar-refractivity contribution in [1.82, 2.24) is 10.6 Å². The number of hydrogen-bond acceptors (Lipinski definition) is 7. The van der Waals surface area contributed by atoms with Crippen LogP contribution in [0.4, 0.5) is 0 Å². The average molecular weight is 521 g/mol. The summed E-state index contributed by atoms with van der Waals surface area (Å²) in [6.45, 7) is 13.0. The zero-order valence-corrected chi connectivity index (χ0v) is 23.0. The SMILES string of the molecule is CCOC(=O)CNNP(=O)(O)COc1cc(C)c(Cc2ccc(OC(C)=O)c(C(C)C)c2)c(C)c1C. The molecule has 0 aliphatic carbocycles. The fourth-order valence-electron chi connectivity index (χ4n) is 3.77. The Hall–Kier alpha value is -2.71. The fraction of sp³-hybridized carbons (Fsp3) is 0.462. The van der Waals surface area contributed by atoms with Crippen LogP contribution in [0.3, 0.4) is 0 Å². The van der Waals surface area contributed by atoms with E-state index in [9.17, 15) is 19.0 Å². The van der Waals surface area contributed by atoms with Gasteiger partial charge in [-0.25, -0.2) is 5.43 Å². The van der Waals surface area contributed by atoms with Crippen LogP contribution in [0.2, 0.25) is 0 Å². The van der Waals surface area contributed by atoms with E-state index in [1.807, 2.05) is 39.0 Å². The molecule has 2 aromatic rings. The molecule has 36 heavy (non-hydrogen) atoms. The monoisotopic (exact) mass is 520 g/mol. The molecule has 0 radical (unpaired) electrons. The van der Waals surface area contributed by atoms with Crippen molar-refractivity contribution in [1.29, 1.82) is 0 Å². The van der Waals surface area contributed by atoms with Crippen LogP contribution in [0.5, 0.6) is 11.5 Å². The van der Waals surface area contributed by atoms with E-state index < -0.39 is 19.8 Å². The van der Waals surface area contributed by atoms with Gasteiger partial charge in [0.2, 0.25) is 0 Å². The number of hydrogen-bond donors (Lipinski definition) is 3. The molecule has 0 saturated heterocycles. The van der Waals surface area contributed by atoms with Crippen molar-refractivity contribution in [2.45, 2.75) is 60.8 Å². The van der Waals surface area contributed by atoms with Gasteiger partial charge in [0.25, 0.3) is 0 Å². The number of carbonyl (C=O) groups is 2. The van der Waals surface area contributed by atoms with Gasteiger partial charge in [0.15, 0.2) is 6.35 Å². The predicted octanol–water partition coefficient (Wildman–Crippen LogP) is 4.43. The van der Waals surface area contributed by atoms with Crippen molar-refractivity contribution in [3.8, 4) is 11.5 Å². The highest BCUT2D eigenvalue weighted by Crippen LogP contribution is 2.37. The largest absolute Gasteiger partial charge is 0.482 e.